The van der Waals surface area contributed by atoms with Crippen molar-refractivity contribution in [2.75, 3.05) is 5.32 Å². The van der Waals surface area contributed by atoms with E-state index in [9.17, 15) is 34.8 Å². The third kappa shape index (κ3) is 5.72. The van der Waals surface area contributed by atoms with Crippen molar-refractivity contribution in [2.45, 2.75) is 75.5 Å². The minimum atomic E-state index is -1.88. The number of nitrogens with one attached hydrogen (secondary N) is 1. The van der Waals surface area contributed by atoms with Crippen LogP contribution in [0, 0.1) is 0 Å². The van der Waals surface area contributed by atoms with Crippen molar-refractivity contribution in [1.29, 1.82) is 0 Å². The Morgan fingerprint density at radius 3 is 2.22 bits per heavy atom. The number of aliphatic hydroxyl groups is 2. The van der Waals surface area contributed by atoms with Crippen LogP contribution in [-0.4, -0.2) is 74.3 Å². The highest BCUT2D eigenvalue weighted by atomic mass is 35.5. The summed E-state index contributed by atoms with van der Waals surface area (Å²) in [5.74, 6) is -2.49. The van der Waals surface area contributed by atoms with Crippen LogP contribution in [-0.2, 0) is 20.6 Å². The van der Waals surface area contributed by atoms with Gasteiger partial charge in [0.2, 0.25) is 0 Å². The van der Waals surface area contributed by atoms with Crippen molar-refractivity contribution in [3.8, 4) is 11.5 Å². The first-order chi connectivity index (χ1) is 21.4. The number of aromatic hydroxyl groups is 2. The third-order valence-electron chi connectivity index (χ3n) is 8.93. The van der Waals surface area contributed by atoms with E-state index in [-0.39, 0.29) is 65.1 Å². The molecule has 1 unspecified atom stereocenters. The van der Waals surface area contributed by atoms with Crippen LogP contribution in [0.15, 0.2) is 54.6 Å². The van der Waals surface area contributed by atoms with Crippen LogP contribution in [0.4, 0.5) is 10.5 Å². The molecule has 6 rings (SSSR count). The number of hydrogen-bond donors (Lipinski definition) is 6. The molecule has 1 saturated heterocycles. The van der Waals surface area contributed by atoms with Crippen LogP contribution in [0.3, 0.4) is 0 Å². The fourth-order valence-corrected chi connectivity index (χ4v) is 6.43. The van der Waals surface area contributed by atoms with Crippen molar-refractivity contribution < 1.29 is 49.0 Å². The molecule has 1 fully saturated rings. The van der Waals surface area contributed by atoms with Crippen LogP contribution in [0.1, 0.15) is 75.8 Å². The quantitative estimate of drug-likeness (QED) is 0.172. The topological polar surface area (TPSA) is 198 Å². The number of aliphatic hydroxyl groups excluding tert-OH is 1. The van der Waals surface area contributed by atoms with E-state index in [1.54, 1.807) is 49.4 Å². The van der Waals surface area contributed by atoms with Gasteiger partial charge < -0.3 is 40.4 Å². The summed E-state index contributed by atoms with van der Waals surface area (Å²) in [5, 5.41) is 48.1. The average molecular weight is 655 g/mol. The molecule has 0 aromatic heterocycles. The van der Waals surface area contributed by atoms with Gasteiger partial charge in [0.15, 0.2) is 17.9 Å². The first-order valence-corrected chi connectivity index (χ1v) is 14.7. The second-order valence-corrected chi connectivity index (χ2v) is 11.9. The standard InChI is InChI=1S/C33H34N2O10.ClH/c1-15-27(36)21(34)12-23(43-15)45-22-14-33(42,16(2)44-32(41)35-17-8-4-3-5-9-17)13-20-24(22)31(40)26-25(30(20)39)28(37)18-10-6-7-11-19(18)29(26)38;/h3-11,15-16,21-23,27,36,39-40,42H,12-14,34H2,1-2H3,(H,35,41);1H/t15-,16-,21+,22+,23+,27+,33?;/m1./s1. The average Bonchev–Trinajstić information content (AvgIpc) is 3.00. The zero-order chi connectivity index (χ0) is 32.2. The zero-order valence-corrected chi connectivity index (χ0v) is 25.8. The lowest BCUT2D eigenvalue weighted by Crippen LogP contribution is -2.53. The Balaban J connectivity index is 0.00000417. The molecule has 7 N–H and O–H groups in total. The molecule has 3 aliphatic rings. The molecule has 0 saturated carbocycles. The summed E-state index contributed by atoms with van der Waals surface area (Å²) in [5.41, 5.74) is 4.02. The lowest BCUT2D eigenvalue weighted by molar-refractivity contribution is -0.250. The van der Waals surface area contributed by atoms with E-state index in [0.29, 0.717) is 5.69 Å². The van der Waals surface area contributed by atoms with Gasteiger partial charge >= 0.3 is 6.09 Å². The summed E-state index contributed by atoms with van der Waals surface area (Å²) in [4.78, 5) is 39.9. The number of benzene rings is 3. The number of carbonyl (C=O) groups excluding carboxylic acids is 3. The molecule has 2 aliphatic carbocycles. The van der Waals surface area contributed by atoms with Crippen LogP contribution in [0.25, 0.3) is 0 Å². The van der Waals surface area contributed by atoms with Crippen molar-refractivity contribution in [2.24, 2.45) is 5.73 Å². The van der Waals surface area contributed by atoms with Gasteiger partial charge in [-0.3, -0.25) is 14.9 Å². The number of ketones is 2. The number of nitrogens with two attached hydrogens (primary N) is 1. The SMILES string of the molecule is C[C@H]1O[C@@H](O[C@H]2CC(O)([C@@H](C)OC(=O)Nc3ccccc3)Cc3c(O)c4c(c(O)c32)C(=O)c2ccccc2C4=O)C[C@H](N)[C@H]1O.Cl. The third-order valence-corrected chi connectivity index (χ3v) is 8.93. The summed E-state index contributed by atoms with van der Waals surface area (Å²) < 4.78 is 17.6. The number of anilines is 1. The Kier molecular flexibility index (Phi) is 9.15. The molecule has 244 valence electrons. The van der Waals surface area contributed by atoms with Gasteiger partial charge in [0.05, 0.1) is 29.4 Å². The van der Waals surface area contributed by atoms with E-state index < -0.39 is 71.5 Å². The lowest BCUT2D eigenvalue weighted by Gasteiger charge is -2.44. The van der Waals surface area contributed by atoms with E-state index in [2.05, 4.69) is 5.32 Å². The molecule has 13 heteroatoms. The van der Waals surface area contributed by atoms with Crippen LogP contribution >= 0.6 is 12.4 Å². The molecule has 3 aromatic carbocycles. The fourth-order valence-electron chi connectivity index (χ4n) is 6.43. The van der Waals surface area contributed by atoms with Gasteiger partial charge in [-0.15, -0.1) is 12.4 Å². The fraction of sp³-hybridized carbons (Fsp3) is 0.364. The minimum absolute atomic E-state index is 0. The second-order valence-electron chi connectivity index (χ2n) is 11.9. The number of rotatable bonds is 5. The maximum Gasteiger partial charge on any atom is 0.411 e. The number of hydrogen-bond acceptors (Lipinski definition) is 11. The van der Waals surface area contributed by atoms with Gasteiger partial charge in [0, 0.05) is 53.2 Å². The lowest BCUT2D eigenvalue weighted by atomic mass is 9.71. The van der Waals surface area contributed by atoms with E-state index >= 15 is 0 Å². The number of halogens is 1. The Morgan fingerprint density at radius 1 is 1.02 bits per heavy atom. The second kappa shape index (κ2) is 12.6. The van der Waals surface area contributed by atoms with Gasteiger partial charge in [-0.2, -0.15) is 0 Å². The number of phenolic OH excluding ortho intramolecular Hbond substituents is 2. The largest absolute Gasteiger partial charge is 0.507 e. The number of amides is 1. The predicted octanol–water partition coefficient (Wildman–Crippen LogP) is 3.49. The molecule has 1 heterocycles. The molecule has 3 aromatic rings. The van der Waals surface area contributed by atoms with Crippen LogP contribution in [0.2, 0.25) is 0 Å². The van der Waals surface area contributed by atoms with E-state index in [1.807, 2.05) is 0 Å². The number of carbonyl (C=O) groups is 3. The first kappa shape index (κ1) is 33.3. The summed E-state index contributed by atoms with van der Waals surface area (Å²) in [6, 6.07) is 13.9. The number of phenols is 2. The van der Waals surface area contributed by atoms with Gasteiger partial charge in [0.1, 0.15) is 23.2 Å². The Hall–Kier alpha value is -4.04. The molecule has 0 radical (unpaired) electrons. The smallest absolute Gasteiger partial charge is 0.411 e. The van der Waals surface area contributed by atoms with E-state index in [0.717, 1.165) is 0 Å². The highest BCUT2D eigenvalue weighted by molar-refractivity contribution is 6.30. The predicted molar refractivity (Wildman–Crippen MR) is 166 cm³/mol. The molecule has 1 aliphatic heterocycles. The zero-order valence-electron chi connectivity index (χ0n) is 25.0. The molecule has 46 heavy (non-hydrogen) atoms. The Bertz CT molecular complexity index is 1670. The van der Waals surface area contributed by atoms with Gasteiger partial charge in [-0.25, -0.2) is 4.79 Å². The normalized spacial score (nSPS) is 27.4. The molecule has 7 atom stereocenters. The van der Waals surface area contributed by atoms with Gasteiger partial charge in [-0.1, -0.05) is 42.5 Å². The van der Waals surface area contributed by atoms with Crippen LogP contribution < -0.4 is 11.1 Å². The minimum Gasteiger partial charge on any atom is -0.507 e. The maximum absolute atomic E-state index is 13.6. The molecule has 12 nitrogen and oxygen atoms in total. The summed E-state index contributed by atoms with van der Waals surface area (Å²) in [6.07, 6.45) is -6.49. The highest BCUT2D eigenvalue weighted by Gasteiger charge is 2.50. The summed E-state index contributed by atoms with van der Waals surface area (Å²) >= 11 is 0. The van der Waals surface area contributed by atoms with Crippen LogP contribution in [0.5, 0.6) is 11.5 Å². The molecular formula is C33H35ClN2O10. The van der Waals surface area contributed by atoms with Gasteiger partial charge in [-0.05, 0) is 26.0 Å². The summed E-state index contributed by atoms with van der Waals surface area (Å²) in [6.45, 7) is 3.09. The Morgan fingerprint density at radius 2 is 1.61 bits per heavy atom. The van der Waals surface area contributed by atoms with E-state index in [4.69, 9.17) is 19.9 Å². The monoisotopic (exact) mass is 654 g/mol. The van der Waals surface area contributed by atoms with Crippen molar-refractivity contribution in [3.63, 3.8) is 0 Å². The molecule has 0 spiro atoms. The number of ether oxygens (including phenoxy) is 3. The molecule has 1 amide bonds. The van der Waals surface area contributed by atoms with Crippen molar-refractivity contribution in [3.05, 3.63) is 88.0 Å². The van der Waals surface area contributed by atoms with Gasteiger partial charge in [0.25, 0.3) is 0 Å². The maximum atomic E-state index is 13.6. The number of para-hydroxylation sites is 1. The summed E-state index contributed by atoms with van der Waals surface area (Å²) in [7, 11) is 0. The van der Waals surface area contributed by atoms with Crippen molar-refractivity contribution in [1.82, 2.24) is 0 Å². The highest BCUT2D eigenvalue weighted by Crippen LogP contribution is 2.52. The van der Waals surface area contributed by atoms with Crippen molar-refractivity contribution >= 4 is 35.8 Å². The van der Waals surface area contributed by atoms with E-state index in [1.165, 1.54) is 19.1 Å². The Labute approximate surface area is 270 Å². The molecular weight excluding hydrogens is 620 g/mol. The first-order valence-electron chi connectivity index (χ1n) is 14.7. The number of fused-ring (bicyclic) bond motifs is 3. The molecule has 0 bridgehead atoms.